The zero-order chi connectivity index (χ0) is 4.41. The van der Waals surface area contributed by atoms with Crippen LogP contribution in [0.3, 0.4) is 0 Å². The van der Waals surface area contributed by atoms with Crippen LogP contribution in [-0.4, -0.2) is 0 Å². The molecule has 0 radical (unpaired) electrons. The van der Waals surface area contributed by atoms with Crippen LogP contribution in [0.2, 0.25) is 0 Å². The molecule has 60 valence electrons. The maximum absolute atomic E-state index is 3.12. The zero-order valence-corrected chi connectivity index (χ0v) is 9.27. The predicted molar refractivity (Wildman–Crippen MR) is 47.4 cm³/mol. The molecule has 0 bridgehead atoms. The molecule has 10 heavy (non-hydrogen) atoms. The summed E-state index contributed by atoms with van der Waals surface area (Å²) >= 11 is 0. The Balaban J connectivity index is -0.0000000450. The smallest absolute Gasteiger partial charge is 0 e. The average molecular weight is 259 g/mol. The summed E-state index contributed by atoms with van der Waals surface area (Å²) in [6, 6.07) is 0. The summed E-state index contributed by atoms with van der Waals surface area (Å²) in [5.41, 5.74) is 1.27. The van der Waals surface area contributed by atoms with Crippen molar-refractivity contribution >= 4 is 24.8 Å². The first-order chi connectivity index (χ1) is 2.89. The van der Waals surface area contributed by atoms with Gasteiger partial charge in [0.25, 0.3) is 0 Å². The normalized spacial score (nSPS) is 11.1. The van der Waals surface area contributed by atoms with Crippen molar-refractivity contribution in [3.05, 3.63) is 23.8 Å². The van der Waals surface area contributed by atoms with E-state index in [-0.39, 0.29) is 58.4 Å². The molecule has 0 aliphatic heterocycles. The second-order valence-electron chi connectivity index (χ2n) is 1.47. The van der Waals surface area contributed by atoms with Crippen molar-refractivity contribution in [2.75, 3.05) is 0 Å². The third-order valence-electron chi connectivity index (χ3n) is 0.867. The maximum Gasteiger partial charge on any atom is 0 e. The standard InChI is InChI=1S/C6H7.CH4.2ClH.Zr/c1-6-4-2-3-5-6;;;;/h2,4H,3H2,1H3;1H4;2*1H;/q-1;;;;. The molecule has 0 spiro atoms. The van der Waals surface area contributed by atoms with Gasteiger partial charge in [-0.2, -0.15) is 6.08 Å². The monoisotopic (exact) mass is 257 g/mol. The van der Waals surface area contributed by atoms with Gasteiger partial charge in [-0.3, -0.25) is 6.08 Å². The van der Waals surface area contributed by atoms with E-state index in [2.05, 4.69) is 25.2 Å². The van der Waals surface area contributed by atoms with Crippen molar-refractivity contribution in [2.45, 2.75) is 20.8 Å². The van der Waals surface area contributed by atoms with E-state index in [9.17, 15) is 0 Å². The Labute approximate surface area is 95.1 Å². The number of hydrogen-bond acceptors (Lipinski definition) is 0. The molecule has 0 unspecified atom stereocenters. The fourth-order valence-corrected chi connectivity index (χ4v) is 0.515. The molecule has 0 saturated carbocycles. The molecule has 0 heterocycles. The Bertz CT molecular complexity index is 105. The molecule has 1 rings (SSSR count). The predicted octanol–water partition coefficient (Wildman–Crippen LogP) is 3.17. The Morgan fingerprint density at radius 2 is 1.90 bits per heavy atom. The minimum atomic E-state index is 0. The van der Waals surface area contributed by atoms with Gasteiger partial charge in [0.1, 0.15) is 0 Å². The van der Waals surface area contributed by atoms with Gasteiger partial charge in [0.05, 0.1) is 0 Å². The van der Waals surface area contributed by atoms with E-state index in [1.807, 2.05) is 0 Å². The third-order valence-corrected chi connectivity index (χ3v) is 0.867. The Hall–Kier alpha value is 0.943. The SMILES string of the molecule is C.CC1=[C-]CC=C1.Cl.Cl.[Zr]. The molecular formula is C7H13Cl2Zr-. The maximum atomic E-state index is 3.12. The van der Waals surface area contributed by atoms with Gasteiger partial charge in [0.2, 0.25) is 0 Å². The number of allylic oxidation sites excluding steroid dienone is 4. The molecule has 0 aromatic heterocycles. The second-order valence-corrected chi connectivity index (χ2v) is 1.47. The second kappa shape index (κ2) is 12.6. The minimum Gasteiger partial charge on any atom is -0.270 e. The molecule has 0 amide bonds. The van der Waals surface area contributed by atoms with Crippen LogP contribution < -0.4 is 0 Å². The van der Waals surface area contributed by atoms with Gasteiger partial charge < -0.3 is 0 Å². The molecular weight excluding hydrogens is 246 g/mol. The molecule has 0 fully saturated rings. The van der Waals surface area contributed by atoms with Gasteiger partial charge in [0, 0.05) is 26.2 Å². The van der Waals surface area contributed by atoms with Crippen molar-refractivity contribution in [3.63, 3.8) is 0 Å². The molecule has 0 nitrogen and oxygen atoms in total. The van der Waals surface area contributed by atoms with Gasteiger partial charge >= 0.3 is 0 Å². The topological polar surface area (TPSA) is 0 Å². The molecule has 0 N–H and O–H groups in total. The van der Waals surface area contributed by atoms with Crippen molar-refractivity contribution in [3.8, 4) is 0 Å². The van der Waals surface area contributed by atoms with Crippen LogP contribution in [0.5, 0.6) is 0 Å². The summed E-state index contributed by atoms with van der Waals surface area (Å²) in [6.45, 7) is 2.06. The summed E-state index contributed by atoms with van der Waals surface area (Å²) in [5.74, 6) is 0. The van der Waals surface area contributed by atoms with E-state index in [1.165, 1.54) is 5.57 Å². The van der Waals surface area contributed by atoms with Gasteiger partial charge in [-0.25, -0.2) is 11.6 Å². The third kappa shape index (κ3) is 8.94. The van der Waals surface area contributed by atoms with E-state index in [4.69, 9.17) is 0 Å². The fourth-order valence-electron chi connectivity index (χ4n) is 0.515. The van der Waals surface area contributed by atoms with E-state index >= 15 is 0 Å². The summed E-state index contributed by atoms with van der Waals surface area (Å²) in [5, 5.41) is 0. The molecule has 0 saturated heterocycles. The summed E-state index contributed by atoms with van der Waals surface area (Å²) in [6.07, 6.45) is 8.33. The van der Waals surface area contributed by atoms with Crippen LogP contribution in [-0.2, 0) is 26.2 Å². The van der Waals surface area contributed by atoms with E-state index in [1.54, 1.807) is 0 Å². The first-order valence-corrected chi connectivity index (χ1v) is 2.13. The van der Waals surface area contributed by atoms with Crippen molar-refractivity contribution in [1.29, 1.82) is 0 Å². The number of rotatable bonds is 0. The molecule has 0 aromatic carbocycles. The Morgan fingerprint density at radius 1 is 1.40 bits per heavy atom. The van der Waals surface area contributed by atoms with Crippen LogP contribution >= 0.6 is 24.8 Å². The van der Waals surface area contributed by atoms with E-state index in [0.29, 0.717) is 0 Å². The van der Waals surface area contributed by atoms with Crippen LogP contribution in [0.25, 0.3) is 0 Å². The molecule has 0 aromatic rings. The van der Waals surface area contributed by atoms with Crippen molar-refractivity contribution in [1.82, 2.24) is 0 Å². The number of halogens is 2. The van der Waals surface area contributed by atoms with Crippen LogP contribution in [0.4, 0.5) is 0 Å². The summed E-state index contributed by atoms with van der Waals surface area (Å²) in [4.78, 5) is 0. The Kier molecular flexibility index (Phi) is 28.3. The van der Waals surface area contributed by atoms with E-state index in [0.717, 1.165) is 6.42 Å². The Morgan fingerprint density at radius 3 is 2.00 bits per heavy atom. The van der Waals surface area contributed by atoms with E-state index < -0.39 is 0 Å². The minimum absolute atomic E-state index is 0. The quantitative estimate of drug-likeness (QED) is 0.586. The molecule has 3 heteroatoms. The van der Waals surface area contributed by atoms with Gasteiger partial charge in [-0.15, -0.1) is 31.2 Å². The molecule has 1 aliphatic rings. The van der Waals surface area contributed by atoms with Crippen molar-refractivity contribution in [2.24, 2.45) is 0 Å². The molecule has 1 aliphatic carbocycles. The van der Waals surface area contributed by atoms with Crippen LogP contribution in [0.15, 0.2) is 17.7 Å². The van der Waals surface area contributed by atoms with Gasteiger partial charge in [-0.05, 0) is 0 Å². The van der Waals surface area contributed by atoms with Crippen LogP contribution in [0.1, 0.15) is 20.8 Å². The summed E-state index contributed by atoms with van der Waals surface area (Å²) in [7, 11) is 0. The van der Waals surface area contributed by atoms with Crippen LogP contribution in [0, 0.1) is 6.08 Å². The average Bonchev–Trinajstić information content (AvgIpc) is 1.86. The zero-order valence-electron chi connectivity index (χ0n) is 5.18. The largest absolute Gasteiger partial charge is 0.270 e. The first-order valence-electron chi connectivity index (χ1n) is 2.13. The van der Waals surface area contributed by atoms with Gasteiger partial charge in [0.15, 0.2) is 0 Å². The summed E-state index contributed by atoms with van der Waals surface area (Å²) < 4.78 is 0. The number of hydrogen-bond donors (Lipinski definition) is 0. The molecule has 0 atom stereocenters. The fraction of sp³-hybridized carbons (Fsp3) is 0.429. The first kappa shape index (κ1) is 22.4. The van der Waals surface area contributed by atoms with Crippen molar-refractivity contribution < 1.29 is 26.2 Å². The van der Waals surface area contributed by atoms with Gasteiger partial charge in [-0.1, -0.05) is 14.4 Å².